The molecule has 0 aromatic heterocycles. The molecule has 2 aliphatic rings. The number of aliphatic carboxylic acids is 1. The van der Waals surface area contributed by atoms with Gasteiger partial charge in [-0.25, -0.2) is 0 Å². The summed E-state index contributed by atoms with van der Waals surface area (Å²) in [6, 6.07) is 26.9. The van der Waals surface area contributed by atoms with E-state index >= 15 is 14.4 Å². The Labute approximate surface area is 694 Å². The molecule has 0 aliphatic carbocycles. The van der Waals surface area contributed by atoms with Crippen LogP contribution in [0.25, 0.3) is 22.3 Å². The van der Waals surface area contributed by atoms with E-state index in [0.717, 1.165) is 62.6 Å². The van der Waals surface area contributed by atoms with E-state index in [2.05, 4.69) is 37.2 Å². The predicted octanol–water partition coefficient (Wildman–Crippen LogP) is 1.17. The minimum absolute atomic E-state index is 0.0265. The molecule has 33 heteroatoms. The molecule has 2 heterocycles. The normalized spacial score (nSPS) is 25.0. The van der Waals surface area contributed by atoms with Gasteiger partial charge in [-0.05, 0) is 98.2 Å². The number of nitrogens with one attached hydrogen (secondary N) is 7. The molecule has 0 spiro atoms. The van der Waals surface area contributed by atoms with Crippen molar-refractivity contribution in [2.75, 3.05) is 51.9 Å². The first-order valence-electron chi connectivity index (χ1n) is 39.5. The lowest BCUT2D eigenvalue weighted by molar-refractivity contribution is -0.146. The first kappa shape index (κ1) is 94.8. The Hall–Kier alpha value is -11.4. The highest BCUT2D eigenvalue weighted by Gasteiger charge is 2.43. The second-order valence-electron chi connectivity index (χ2n) is 30.7. The topological polar surface area (TPSA) is 494 Å². The van der Waals surface area contributed by atoms with Gasteiger partial charge in [0.15, 0.2) is 23.1 Å². The lowest BCUT2D eigenvalue weighted by Gasteiger charge is -2.32. The molecule has 0 unspecified atom stereocenters. The van der Waals surface area contributed by atoms with Crippen LogP contribution < -0.4 is 43.0 Å². The van der Waals surface area contributed by atoms with E-state index < -0.39 is 248 Å². The van der Waals surface area contributed by atoms with Crippen LogP contribution in [0.5, 0.6) is 0 Å². The number of nitrogens with two attached hydrogens (primary N) is 1. The van der Waals surface area contributed by atoms with Crippen molar-refractivity contribution in [3.63, 3.8) is 0 Å². The van der Waals surface area contributed by atoms with Crippen LogP contribution in [-0.4, -0.2) is 253 Å². The molecule has 32 nitrogen and oxygen atoms in total. The average molecular weight is 1660 g/mol. The van der Waals surface area contributed by atoms with Gasteiger partial charge in [0.2, 0.25) is 65.0 Å². The van der Waals surface area contributed by atoms with Gasteiger partial charge in [0, 0.05) is 70.3 Å². The predicted molar refractivity (Wildman–Crippen MR) is 439 cm³/mol. The number of rotatable bonds is 18. The summed E-state index contributed by atoms with van der Waals surface area (Å²) in [6.45, 7) is 5.22. The Morgan fingerprint density at radius 1 is 0.496 bits per heavy atom. The highest BCUT2D eigenvalue weighted by Crippen LogP contribution is 2.28. The minimum Gasteiger partial charge on any atom is -0.481 e. The SMILES string of the molecule is CC(C)[C@@H]1CC(=O)[C@H](Cc2ccccc2)NC(=O)CSC[C@@H](C(=O)NCC(N)=O)NC(=O)[C@@H]2CCCN2C(=O)[C@H](CO)NC(=O)[C@H](CC(=O)O)CC(=O)[C@H](C)N(C)C(=O)[C@H](Cc2ccc(-c3ccccc3)cc2)CC(=O)[C@H](C)N(C)C(=O)[C@H](Cc2ccc(-c3ccccc3)cc2)NC(=O)[C@H]([C@@H](C)O)NC(=O)[C@H]([C@@H](C)O)CC(=O)[C@H](CO)NC1=O. The number of nitrogens with zero attached hydrogens (tertiary/aromatic N) is 3. The number of carboxylic acids is 1. The number of likely N-dealkylation sites (N-methyl/N-ethyl adjacent to an activating group) is 2. The van der Waals surface area contributed by atoms with E-state index in [-0.39, 0.29) is 44.4 Å². The zero-order valence-corrected chi connectivity index (χ0v) is 68.7. The maximum atomic E-state index is 15.2. The number of amides is 11. The molecule has 7 rings (SSSR count). The zero-order valence-electron chi connectivity index (χ0n) is 67.9. The molecule has 119 heavy (non-hydrogen) atoms. The van der Waals surface area contributed by atoms with Gasteiger partial charge in [-0.1, -0.05) is 153 Å². The summed E-state index contributed by atoms with van der Waals surface area (Å²) in [5, 5.41) is 71.4. The quantitative estimate of drug-likeness (QED) is 0.0585. The number of Topliss-reactive ketones (excluding diaryl/α,β-unsaturated/α-hetero) is 4. The standard InChI is InChI=1S/C86H109N11O21S/c1-48(2)62-41-72(104)64(36-53-19-12-9-13-20-53)89-75(107)47-119-46-68(81(113)88-43-74(87)106)93-82(114)69-25-18-34-97(69)86(118)67(45-99)92-78(110)60(40-76(108)109)38-70(102)49(3)95(7)84(116)61(35-54-26-30-58(31-27-54)56-21-14-10-15-22-56)39-71(103)50(4)96(8)85(117)65(37-55-28-32-59(33-29-55)57-23-16-11-17-24-57)90-83(115)77(52(6)101)94-80(112)63(51(5)100)42-73(105)66(44-98)91-79(62)111/h9-17,19-24,26-33,48-52,60-69,77,98-101H,18,25,34-47H2,1-8H3,(H2,87,106)(H,88,113)(H,89,107)(H,90,115)(H,91,111)(H,92,110)(H,93,114)(H,94,112)(H,108,109)/t49-,50-,51+,52+,60-,61+,62-,63-,64-,65-,66-,67-,68-,69-,77-/m0/s1. The van der Waals surface area contributed by atoms with Crippen LogP contribution in [0, 0.1) is 29.6 Å². The maximum absolute atomic E-state index is 15.2. The van der Waals surface area contributed by atoms with Crippen LogP contribution in [0.15, 0.2) is 140 Å². The fourth-order valence-corrected chi connectivity index (χ4v) is 15.0. The summed E-state index contributed by atoms with van der Waals surface area (Å²) in [7, 11) is 2.55. The number of benzene rings is 5. The maximum Gasteiger partial charge on any atom is 0.304 e. The second-order valence-corrected chi connectivity index (χ2v) is 31.7. The first-order chi connectivity index (χ1) is 56.5. The van der Waals surface area contributed by atoms with E-state index in [1.807, 2.05) is 72.8 Å². The molecule has 2 fully saturated rings. The number of hydrogen-bond donors (Lipinski definition) is 13. The molecule has 0 radical (unpaired) electrons. The highest BCUT2D eigenvalue weighted by molar-refractivity contribution is 8.00. The van der Waals surface area contributed by atoms with Crippen LogP contribution in [0.4, 0.5) is 0 Å². The van der Waals surface area contributed by atoms with Crippen LogP contribution in [0.3, 0.4) is 0 Å². The minimum atomic E-state index is -1.92. The van der Waals surface area contributed by atoms with Gasteiger partial charge in [0.25, 0.3) is 0 Å². The Morgan fingerprint density at radius 3 is 1.49 bits per heavy atom. The van der Waals surface area contributed by atoms with Crippen LogP contribution >= 0.6 is 11.8 Å². The van der Waals surface area contributed by atoms with Crippen LogP contribution in [-0.2, 0) is 96.0 Å². The molecule has 5 aromatic carbocycles. The van der Waals surface area contributed by atoms with Crippen molar-refractivity contribution in [1.29, 1.82) is 0 Å². The molecular weight excluding hydrogens is 1560 g/mol. The molecular formula is C86H109N11O21S. The Bertz CT molecular complexity index is 4410. The van der Waals surface area contributed by atoms with Crippen molar-refractivity contribution in [2.45, 2.75) is 172 Å². The summed E-state index contributed by atoms with van der Waals surface area (Å²) < 4.78 is 0. The van der Waals surface area contributed by atoms with Crippen LogP contribution in [0.1, 0.15) is 103 Å². The van der Waals surface area contributed by atoms with Gasteiger partial charge in [-0.15, -0.1) is 11.8 Å². The smallest absolute Gasteiger partial charge is 0.304 e. The number of aliphatic hydroxyl groups excluding tert-OH is 4. The van der Waals surface area contributed by atoms with Gasteiger partial charge in [-0.3, -0.25) is 76.7 Å². The zero-order chi connectivity index (χ0) is 87.5. The van der Waals surface area contributed by atoms with Crippen molar-refractivity contribution in [2.24, 2.45) is 35.3 Å². The molecule has 640 valence electrons. The molecule has 0 bridgehead atoms. The fourth-order valence-electron chi connectivity index (χ4n) is 14.1. The van der Waals surface area contributed by atoms with Crippen molar-refractivity contribution in [3.05, 3.63) is 156 Å². The first-order valence-corrected chi connectivity index (χ1v) is 40.7. The van der Waals surface area contributed by atoms with Crippen molar-refractivity contribution in [1.82, 2.24) is 51.9 Å². The second kappa shape index (κ2) is 45.5. The van der Waals surface area contributed by atoms with E-state index in [4.69, 9.17) is 5.73 Å². The third kappa shape index (κ3) is 27.6. The van der Waals surface area contributed by atoms with E-state index in [0.29, 0.717) is 16.7 Å². The number of thioether (sulfide) groups is 1. The molecule has 2 aliphatic heterocycles. The number of primary amides is 1. The lowest BCUT2D eigenvalue weighted by atomic mass is 9.86. The summed E-state index contributed by atoms with van der Waals surface area (Å²) in [4.78, 5) is 231. The molecule has 15 atom stereocenters. The van der Waals surface area contributed by atoms with Gasteiger partial charge in [0.1, 0.15) is 36.3 Å². The molecule has 2 saturated heterocycles. The van der Waals surface area contributed by atoms with Gasteiger partial charge >= 0.3 is 5.97 Å². The number of carbonyl (C=O) groups is 16. The van der Waals surface area contributed by atoms with Crippen molar-refractivity contribution >= 4 is 106 Å². The number of hydrogen-bond acceptors (Lipinski definition) is 21. The van der Waals surface area contributed by atoms with E-state index in [9.17, 15) is 87.9 Å². The number of fused-ring (bicyclic) bond motifs is 1. The van der Waals surface area contributed by atoms with Gasteiger partial charge in [0.05, 0.1) is 74.1 Å². The summed E-state index contributed by atoms with van der Waals surface area (Å²) in [5.41, 5.74) is 10.3. The monoisotopic (exact) mass is 1660 g/mol. The summed E-state index contributed by atoms with van der Waals surface area (Å²) >= 11 is 0.795. The van der Waals surface area contributed by atoms with Gasteiger partial charge in [-0.2, -0.15) is 0 Å². The summed E-state index contributed by atoms with van der Waals surface area (Å²) in [6.07, 6.45) is -7.68. The number of ketones is 4. The Balaban J connectivity index is 1.25. The number of aliphatic hydroxyl groups is 4. The highest BCUT2D eigenvalue weighted by atomic mass is 32.2. The number of carbonyl (C=O) groups excluding carboxylic acids is 15. The third-order valence-corrected chi connectivity index (χ3v) is 22.6. The van der Waals surface area contributed by atoms with E-state index in [1.165, 1.54) is 27.9 Å². The average Bonchev–Trinajstić information content (AvgIpc) is 1.82. The number of carboxylic acid groups (broad SMARTS) is 1. The van der Waals surface area contributed by atoms with Crippen LogP contribution in [0.2, 0.25) is 0 Å². The lowest BCUT2D eigenvalue weighted by Crippen LogP contribution is -2.59. The van der Waals surface area contributed by atoms with Gasteiger partial charge < -0.3 is 83.2 Å². The van der Waals surface area contributed by atoms with Crippen molar-refractivity contribution in [3.8, 4) is 22.3 Å². The van der Waals surface area contributed by atoms with Crippen molar-refractivity contribution < 1.29 is 102 Å². The largest absolute Gasteiger partial charge is 0.481 e. The Morgan fingerprint density at radius 2 is 0.966 bits per heavy atom. The molecule has 14 N–H and O–H groups in total. The molecule has 0 saturated carbocycles. The molecule has 11 amide bonds. The fraction of sp³-hybridized carbons (Fsp3) is 0.465. The molecule has 5 aromatic rings. The third-order valence-electron chi connectivity index (χ3n) is 21.6. The van der Waals surface area contributed by atoms with E-state index in [1.54, 1.807) is 80.6 Å². The Kier molecular flexibility index (Phi) is 36.3. The summed E-state index contributed by atoms with van der Waals surface area (Å²) in [5.74, 6) is -23.0.